The van der Waals surface area contributed by atoms with E-state index in [1.807, 2.05) is 13.8 Å². The molecule has 1 saturated carbocycles. The van der Waals surface area contributed by atoms with Gasteiger partial charge in [0.1, 0.15) is 5.69 Å². The normalized spacial score (nSPS) is 22.8. The van der Waals surface area contributed by atoms with Gasteiger partial charge < -0.3 is 10.4 Å². The summed E-state index contributed by atoms with van der Waals surface area (Å²) in [4.78, 5) is 22.9. The van der Waals surface area contributed by atoms with Gasteiger partial charge in [0.15, 0.2) is 0 Å². The zero-order chi connectivity index (χ0) is 14.7. The first kappa shape index (κ1) is 14.6. The van der Waals surface area contributed by atoms with Gasteiger partial charge >= 0.3 is 5.97 Å². The molecule has 1 aliphatic rings. The van der Waals surface area contributed by atoms with E-state index < -0.39 is 5.97 Å². The maximum atomic E-state index is 12.1. The number of aromatic amines is 1. The van der Waals surface area contributed by atoms with Crippen LogP contribution in [0.25, 0.3) is 0 Å². The molecule has 1 aromatic rings. The van der Waals surface area contributed by atoms with Crippen molar-refractivity contribution in [3.05, 3.63) is 17.5 Å². The van der Waals surface area contributed by atoms with Crippen molar-refractivity contribution in [3.8, 4) is 0 Å². The number of nitrogens with zero attached hydrogens (tertiary/aromatic N) is 1. The Kier molecular flexibility index (Phi) is 4.42. The predicted octanol–water partition coefficient (Wildman–Crippen LogP) is 1.91. The van der Waals surface area contributed by atoms with Crippen LogP contribution in [0.15, 0.2) is 6.07 Å². The van der Waals surface area contributed by atoms with Gasteiger partial charge in [-0.1, -0.05) is 13.8 Å². The van der Waals surface area contributed by atoms with Crippen LogP contribution < -0.4 is 5.32 Å². The van der Waals surface area contributed by atoms with Crippen molar-refractivity contribution < 1.29 is 14.7 Å². The standard InChI is InChI=1S/C14H21N3O3/c1-8(2)11-7-12(17-16-11)13(18)15-10-5-3-9(4-6-10)14(19)20/h7-10H,3-6H2,1-2H3,(H,15,18)(H,16,17)(H,19,20). The lowest BCUT2D eigenvalue weighted by Crippen LogP contribution is -2.38. The van der Waals surface area contributed by atoms with Gasteiger partial charge in [0, 0.05) is 11.7 Å². The summed E-state index contributed by atoms with van der Waals surface area (Å²) in [7, 11) is 0. The fourth-order valence-corrected chi connectivity index (χ4v) is 2.49. The highest BCUT2D eigenvalue weighted by molar-refractivity contribution is 5.92. The molecule has 0 radical (unpaired) electrons. The number of H-pyrrole nitrogens is 1. The molecule has 0 bridgehead atoms. The summed E-state index contributed by atoms with van der Waals surface area (Å²) >= 11 is 0. The maximum Gasteiger partial charge on any atom is 0.306 e. The molecule has 0 atom stereocenters. The largest absolute Gasteiger partial charge is 0.481 e. The van der Waals surface area contributed by atoms with Crippen LogP contribution in [-0.4, -0.2) is 33.2 Å². The summed E-state index contributed by atoms with van der Waals surface area (Å²) < 4.78 is 0. The molecule has 20 heavy (non-hydrogen) atoms. The first-order chi connectivity index (χ1) is 9.47. The van der Waals surface area contributed by atoms with Crippen LogP contribution in [0.4, 0.5) is 0 Å². The third kappa shape index (κ3) is 3.37. The van der Waals surface area contributed by atoms with E-state index in [4.69, 9.17) is 5.11 Å². The number of aromatic nitrogens is 2. The molecular formula is C14H21N3O3. The first-order valence-corrected chi connectivity index (χ1v) is 7.06. The van der Waals surface area contributed by atoms with E-state index in [1.165, 1.54) is 0 Å². The van der Waals surface area contributed by atoms with Gasteiger partial charge in [0.2, 0.25) is 0 Å². The molecule has 0 unspecified atom stereocenters. The average molecular weight is 279 g/mol. The molecule has 0 spiro atoms. The average Bonchev–Trinajstić information content (AvgIpc) is 2.89. The molecule has 1 aromatic heterocycles. The third-order valence-corrected chi connectivity index (χ3v) is 3.86. The highest BCUT2D eigenvalue weighted by atomic mass is 16.4. The van der Waals surface area contributed by atoms with E-state index in [1.54, 1.807) is 6.07 Å². The maximum absolute atomic E-state index is 12.1. The summed E-state index contributed by atoms with van der Waals surface area (Å²) in [6, 6.07) is 1.82. The zero-order valence-corrected chi connectivity index (χ0v) is 11.8. The number of hydrogen-bond donors (Lipinski definition) is 3. The summed E-state index contributed by atoms with van der Waals surface area (Å²) in [6.07, 6.45) is 2.67. The summed E-state index contributed by atoms with van der Waals surface area (Å²) in [5.41, 5.74) is 1.33. The third-order valence-electron chi connectivity index (χ3n) is 3.86. The van der Waals surface area contributed by atoms with Gasteiger partial charge in [-0.15, -0.1) is 0 Å². The van der Waals surface area contributed by atoms with Crippen LogP contribution >= 0.6 is 0 Å². The van der Waals surface area contributed by atoms with E-state index in [9.17, 15) is 9.59 Å². The van der Waals surface area contributed by atoms with E-state index >= 15 is 0 Å². The van der Waals surface area contributed by atoms with Crippen molar-refractivity contribution in [2.24, 2.45) is 5.92 Å². The molecule has 0 aromatic carbocycles. The minimum Gasteiger partial charge on any atom is -0.481 e. The Hall–Kier alpha value is -1.85. The number of aliphatic carboxylic acids is 1. The van der Waals surface area contributed by atoms with Crippen LogP contribution in [0.3, 0.4) is 0 Å². The lowest BCUT2D eigenvalue weighted by atomic mass is 9.86. The van der Waals surface area contributed by atoms with Crippen molar-refractivity contribution in [2.75, 3.05) is 0 Å². The van der Waals surface area contributed by atoms with Crippen molar-refractivity contribution in [1.82, 2.24) is 15.5 Å². The molecule has 2 rings (SSSR count). The Labute approximate surface area is 118 Å². The van der Waals surface area contributed by atoms with Gasteiger partial charge in [0.25, 0.3) is 5.91 Å². The fourth-order valence-electron chi connectivity index (χ4n) is 2.49. The Morgan fingerprint density at radius 3 is 2.50 bits per heavy atom. The van der Waals surface area contributed by atoms with Gasteiger partial charge in [0.05, 0.1) is 5.92 Å². The molecule has 1 heterocycles. The van der Waals surface area contributed by atoms with Crippen LogP contribution in [0.2, 0.25) is 0 Å². The van der Waals surface area contributed by atoms with Crippen LogP contribution in [0.5, 0.6) is 0 Å². The Morgan fingerprint density at radius 2 is 2.00 bits per heavy atom. The van der Waals surface area contributed by atoms with Crippen LogP contribution in [0.1, 0.15) is 61.6 Å². The van der Waals surface area contributed by atoms with E-state index in [2.05, 4.69) is 15.5 Å². The van der Waals surface area contributed by atoms with Crippen molar-refractivity contribution in [1.29, 1.82) is 0 Å². The predicted molar refractivity (Wildman–Crippen MR) is 73.5 cm³/mol. The number of amides is 1. The highest BCUT2D eigenvalue weighted by Crippen LogP contribution is 2.24. The number of hydrogen-bond acceptors (Lipinski definition) is 3. The summed E-state index contributed by atoms with van der Waals surface area (Å²) in [5.74, 6) is -0.883. The molecule has 6 nitrogen and oxygen atoms in total. The van der Waals surface area contributed by atoms with Gasteiger partial charge in [-0.2, -0.15) is 5.10 Å². The molecule has 3 N–H and O–H groups in total. The lowest BCUT2D eigenvalue weighted by Gasteiger charge is -2.26. The van der Waals surface area contributed by atoms with Gasteiger partial charge in [-0.25, -0.2) is 0 Å². The van der Waals surface area contributed by atoms with E-state index in [0.29, 0.717) is 37.3 Å². The quantitative estimate of drug-likeness (QED) is 0.784. The highest BCUT2D eigenvalue weighted by Gasteiger charge is 2.27. The van der Waals surface area contributed by atoms with Crippen LogP contribution in [-0.2, 0) is 4.79 Å². The Morgan fingerprint density at radius 1 is 1.35 bits per heavy atom. The number of carbonyl (C=O) groups excluding carboxylic acids is 1. The second-order valence-electron chi connectivity index (χ2n) is 5.72. The SMILES string of the molecule is CC(C)c1cc(C(=O)NC2CCC(C(=O)O)CC2)n[nH]1. The number of carboxylic acid groups (broad SMARTS) is 1. The van der Waals surface area contributed by atoms with E-state index in [-0.39, 0.29) is 17.9 Å². The first-order valence-electron chi connectivity index (χ1n) is 7.06. The Balaban J connectivity index is 1.87. The molecule has 0 saturated heterocycles. The zero-order valence-electron chi connectivity index (χ0n) is 11.8. The smallest absolute Gasteiger partial charge is 0.306 e. The molecule has 6 heteroatoms. The molecule has 1 aliphatic carbocycles. The summed E-state index contributed by atoms with van der Waals surface area (Å²) in [5, 5.41) is 18.7. The lowest BCUT2D eigenvalue weighted by molar-refractivity contribution is -0.142. The minimum atomic E-state index is -0.733. The molecular weight excluding hydrogens is 258 g/mol. The molecule has 1 fully saturated rings. The van der Waals surface area contributed by atoms with Gasteiger partial charge in [-0.05, 0) is 37.7 Å². The second kappa shape index (κ2) is 6.07. The monoisotopic (exact) mass is 279 g/mol. The molecule has 1 amide bonds. The van der Waals surface area contributed by atoms with Crippen LogP contribution in [0, 0.1) is 5.92 Å². The van der Waals surface area contributed by atoms with E-state index in [0.717, 1.165) is 5.69 Å². The van der Waals surface area contributed by atoms with Crippen molar-refractivity contribution in [2.45, 2.75) is 51.5 Å². The molecule has 110 valence electrons. The second-order valence-corrected chi connectivity index (χ2v) is 5.72. The molecule has 0 aliphatic heterocycles. The number of rotatable bonds is 4. The Bertz CT molecular complexity index is 488. The van der Waals surface area contributed by atoms with Gasteiger partial charge in [-0.3, -0.25) is 14.7 Å². The van der Waals surface area contributed by atoms with Crippen molar-refractivity contribution >= 4 is 11.9 Å². The minimum absolute atomic E-state index is 0.0531. The fraction of sp³-hybridized carbons (Fsp3) is 0.643. The number of nitrogens with one attached hydrogen (secondary N) is 2. The number of carbonyl (C=O) groups is 2. The topological polar surface area (TPSA) is 95.1 Å². The number of carboxylic acids is 1. The van der Waals surface area contributed by atoms with Crippen molar-refractivity contribution in [3.63, 3.8) is 0 Å². The summed E-state index contributed by atoms with van der Waals surface area (Å²) in [6.45, 7) is 4.06.